The van der Waals surface area contributed by atoms with Crippen LogP contribution >= 0.6 is 0 Å². The number of hydrogen-bond donors (Lipinski definition) is 1. The van der Waals surface area contributed by atoms with Crippen molar-refractivity contribution in [2.75, 3.05) is 13.2 Å². The van der Waals surface area contributed by atoms with Gasteiger partial charge >= 0.3 is 0 Å². The van der Waals surface area contributed by atoms with Gasteiger partial charge in [0.2, 0.25) is 0 Å². The Morgan fingerprint density at radius 1 is 0.714 bits per heavy atom. The molecule has 126 valence electrons. The molecule has 0 spiro atoms. The van der Waals surface area contributed by atoms with Crippen molar-refractivity contribution in [3.8, 4) is 0 Å². The van der Waals surface area contributed by atoms with E-state index < -0.39 is 0 Å². The van der Waals surface area contributed by atoms with E-state index in [0.29, 0.717) is 0 Å². The molecular formula is C19H38O2. The molecule has 2 nitrogen and oxygen atoms in total. The molecule has 1 fully saturated rings. The second kappa shape index (κ2) is 12.5. The first-order chi connectivity index (χ1) is 10.3. The molecule has 0 aromatic rings. The fraction of sp³-hybridized carbons (Fsp3) is 1.00. The highest BCUT2D eigenvalue weighted by Gasteiger charge is 2.43. The van der Waals surface area contributed by atoms with Crippen LogP contribution in [-0.4, -0.2) is 23.9 Å². The summed E-state index contributed by atoms with van der Waals surface area (Å²) in [6.45, 7) is 3.28. The largest absolute Gasteiger partial charge is 0.393 e. The Morgan fingerprint density at radius 3 is 1.43 bits per heavy atom. The first-order valence-electron chi connectivity index (χ1n) is 9.58. The normalized spacial score (nSPS) is 20.9. The zero-order valence-electron chi connectivity index (χ0n) is 14.4. The van der Waals surface area contributed by atoms with E-state index in [1.807, 2.05) is 0 Å². The predicted molar refractivity (Wildman–Crippen MR) is 90.7 cm³/mol. The lowest BCUT2D eigenvalue weighted by Gasteiger charge is -2.07. The van der Waals surface area contributed by atoms with Gasteiger partial charge in [0, 0.05) is 0 Å². The van der Waals surface area contributed by atoms with Crippen molar-refractivity contribution >= 4 is 0 Å². The highest BCUT2D eigenvalue weighted by atomic mass is 16.6. The lowest BCUT2D eigenvalue weighted by atomic mass is 10.0. The third-order valence-corrected chi connectivity index (χ3v) is 4.83. The molecule has 1 atom stereocenters. The third kappa shape index (κ3) is 10.3. The highest BCUT2D eigenvalue weighted by molar-refractivity contribution is 4.90. The minimum Gasteiger partial charge on any atom is -0.393 e. The van der Waals surface area contributed by atoms with Crippen LogP contribution in [0.2, 0.25) is 0 Å². The molecule has 0 aromatic heterocycles. The van der Waals surface area contributed by atoms with Crippen molar-refractivity contribution in [1.82, 2.24) is 0 Å². The zero-order chi connectivity index (χ0) is 15.2. The van der Waals surface area contributed by atoms with E-state index in [4.69, 9.17) is 9.84 Å². The van der Waals surface area contributed by atoms with E-state index in [9.17, 15) is 0 Å². The second-order valence-corrected chi connectivity index (χ2v) is 6.98. The molecular weight excluding hydrogens is 260 g/mol. The molecule has 1 aliphatic rings. The number of hydrogen-bond acceptors (Lipinski definition) is 2. The van der Waals surface area contributed by atoms with Gasteiger partial charge in [0.15, 0.2) is 0 Å². The van der Waals surface area contributed by atoms with Gasteiger partial charge in [-0.1, -0.05) is 96.8 Å². The summed E-state index contributed by atoms with van der Waals surface area (Å²) in [6, 6.07) is 0. The van der Waals surface area contributed by atoms with E-state index in [1.54, 1.807) is 0 Å². The number of aliphatic hydroxyl groups is 1. The average molecular weight is 299 g/mol. The number of unbranched alkanes of at least 4 members (excludes halogenated alkanes) is 13. The monoisotopic (exact) mass is 298 g/mol. The van der Waals surface area contributed by atoms with Crippen LogP contribution in [0.25, 0.3) is 0 Å². The number of epoxide rings is 1. The molecule has 21 heavy (non-hydrogen) atoms. The smallest absolute Gasteiger partial charge is 0.115 e. The maximum Gasteiger partial charge on any atom is 0.115 e. The molecule has 1 N–H and O–H groups in total. The van der Waals surface area contributed by atoms with Crippen molar-refractivity contribution in [3.05, 3.63) is 0 Å². The van der Waals surface area contributed by atoms with Gasteiger partial charge in [-0.25, -0.2) is 0 Å². The summed E-state index contributed by atoms with van der Waals surface area (Å²) >= 11 is 0. The predicted octanol–water partition coefficient (Wildman–Crippen LogP) is 5.62. The molecule has 0 aromatic carbocycles. The Balaban J connectivity index is 1.67. The molecule has 1 aliphatic heterocycles. The van der Waals surface area contributed by atoms with Gasteiger partial charge in [-0.15, -0.1) is 0 Å². The summed E-state index contributed by atoms with van der Waals surface area (Å²) in [5, 5.41) is 9.14. The van der Waals surface area contributed by atoms with Gasteiger partial charge in [0.1, 0.15) is 5.60 Å². The fourth-order valence-electron chi connectivity index (χ4n) is 3.06. The van der Waals surface area contributed by atoms with Gasteiger partial charge in [0.05, 0.1) is 13.2 Å². The topological polar surface area (TPSA) is 32.8 Å². The first-order valence-corrected chi connectivity index (χ1v) is 9.58. The van der Waals surface area contributed by atoms with Crippen molar-refractivity contribution in [1.29, 1.82) is 0 Å². The molecule has 0 radical (unpaired) electrons. The molecule has 2 heteroatoms. The van der Waals surface area contributed by atoms with Crippen LogP contribution in [-0.2, 0) is 4.74 Å². The Bertz CT molecular complexity index is 224. The average Bonchev–Trinajstić information content (AvgIpc) is 3.28. The molecule has 1 saturated heterocycles. The van der Waals surface area contributed by atoms with Crippen molar-refractivity contribution in [3.63, 3.8) is 0 Å². The van der Waals surface area contributed by atoms with Crippen LogP contribution in [0.15, 0.2) is 0 Å². The minimum absolute atomic E-state index is 0.114. The lowest BCUT2D eigenvalue weighted by molar-refractivity contribution is 0.161. The minimum atomic E-state index is -0.114. The maximum atomic E-state index is 9.14. The van der Waals surface area contributed by atoms with Crippen LogP contribution < -0.4 is 0 Å². The van der Waals surface area contributed by atoms with E-state index in [-0.39, 0.29) is 12.2 Å². The van der Waals surface area contributed by atoms with Crippen molar-refractivity contribution in [2.45, 2.75) is 109 Å². The van der Waals surface area contributed by atoms with E-state index in [0.717, 1.165) is 13.0 Å². The Labute approximate surface area is 132 Å². The van der Waals surface area contributed by atoms with Crippen molar-refractivity contribution in [2.24, 2.45) is 0 Å². The first kappa shape index (κ1) is 19.0. The molecule has 0 saturated carbocycles. The fourth-order valence-corrected chi connectivity index (χ4v) is 3.06. The molecule has 0 unspecified atom stereocenters. The van der Waals surface area contributed by atoms with Crippen LogP contribution in [0, 0.1) is 0 Å². The summed E-state index contributed by atoms with van der Waals surface area (Å²) in [7, 11) is 0. The summed E-state index contributed by atoms with van der Waals surface area (Å²) in [4.78, 5) is 0. The summed E-state index contributed by atoms with van der Waals surface area (Å²) < 4.78 is 5.31. The van der Waals surface area contributed by atoms with Crippen LogP contribution in [0.1, 0.15) is 103 Å². The number of aliphatic hydroxyl groups excluding tert-OH is 1. The van der Waals surface area contributed by atoms with Crippen molar-refractivity contribution < 1.29 is 9.84 Å². The van der Waals surface area contributed by atoms with Gasteiger partial charge in [-0.05, 0) is 6.42 Å². The van der Waals surface area contributed by atoms with Crippen LogP contribution in [0.4, 0.5) is 0 Å². The summed E-state index contributed by atoms with van der Waals surface area (Å²) in [5.41, 5.74) is -0.114. The van der Waals surface area contributed by atoms with E-state index in [2.05, 4.69) is 6.92 Å². The standard InChI is InChI=1S/C19H38O2/c1-2-3-4-5-6-7-8-9-10-11-12-13-14-15-16-19(17-20)18-21-19/h20H,2-18H2,1H3/t19-/m1/s1. The molecule has 0 bridgehead atoms. The molecule has 0 aliphatic carbocycles. The maximum absolute atomic E-state index is 9.14. The number of rotatable bonds is 16. The second-order valence-electron chi connectivity index (χ2n) is 6.98. The SMILES string of the molecule is CCCCCCCCCCCCCCCC[C@@]1(CO)CO1. The molecule has 1 heterocycles. The van der Waals surface area contributed by atoms with Crippen LogP contribution in [0.3, 0.4) is 0 Å². The Kier molecular flexibility index (Phi) is 11.3. The van der Waals surface area contributed by atoms with E-state index in [1.165, 1.54) is 89.9 Å². The van der Waals surface area contributed by atoms with Gasteiger partial charge in [-0.2, -0.15) is 0 Å². The van der Waals surface area contributed by atoms with E-state index >= 15 is 0 Å². The molecule has 0 amide bonds. The van der Waals surface area contributed by atoms with Gasteiger partial charge in [0.25, 0.3) is 0 Å². The zero-order valence-corrected chi connectivity index (χ0v) is 14.4. The van der Waals surface area contributed by atoms with Gasteiger partial charge < -0.3 is 9.84 Å². The third-order valence-electron chi connectivity index (χ3n) is 4.83. The lowest BCUT2D eigenvalue weighted by Crippen LogP contribution is -2.16. The summed E-state index contributed by atoms with van der Waals surface area (Å²) in [5.74, 6) is 0. The Hall–Kier alpha value is -0.0800. The molecule has 1 rings (SSSR count). The quantitative estimate of drug-likeness (QED) is 0.296. The highest BCUT2D eigenvalue weighted by Crippen LogP contribution is 2.32. The van der Waals surface area contributed by atoms with Gasteiger partial charge in [-0.3, -0.25) is 0 Å². The van der Waals surface area contributed by atoms with Crippen LogP contribution in [0.5, 0.6) is 0 Å². The number of ether oxygens (including phenoxy) is 1. The summed E-state index contributed by atoms with van der Waals surface area (Å²) in [6.07, 6.45) is 20.6. The Morgan fingerprint density at radius 2 is 1.10 bits per heavy atom.